The van der Waals surface area contributed by atoms with Gasteiger partial charge in [0.2, 0.25) is 0 Å². The van der Waals surface area contributed by atoms with Crippen molar-refractivity contribution in [3.05, 3.63) is 58.4 Å². The molecule has 4 heteroatoms. The maximum atomic E-state index is 9.71. The topological polar surface area (TPSA) is 47.3 Å². The molecule has 0 fully saturated rings. The van der Waals surface area contributed by atoms with Crippen LogP contribution in [0.1, 0.15) is 54.3 Å². The minimum atomic E-state index is -0.0526. The smallest absolute Gasteiger partial charge is 0.135 e. The fourth-order valence-corrected chi connectivity index (χ4v) is 3.45. The number of fused-ring (bicyclic) bond motifs is 1. The number of aromatic nitrogens is 2. The van der Waals surface area contributed by atoms with Gasteiger partial charge in [-0.2, -0.15) is 0 Å². The second kappa shape index (κ2) is 8.13. The Hall–Kier alpha value is -2.33. The van der Waals surface area contributed by atoms with Gasteiger partial charge in [-0.15, -0.1) is 0 Å². The molecule has 0 spiro atoms. The molecule has 0 radical (unpaired) electrons. The van der Waals surface area contributed by atoms with Crippen molar-refractivity contribution < 1.29 is 9.84 Å². The molecule has 1 aromatic heterocycles. The van der Waals surface area contributed by atoms with Crippen molar-refractivity contribution in [1.29, 1.82) is 0 Å². The van der Waals surface area contributed by atoms with E-state index in [4.69, 9.17) is 4.74 Å². The molecule has 0 aliphatic heterocycles. The molecule has 0 saturated carbocycles. The summed E-state index contributed by atoms with van der Waals surface area (Å²) < 4.78 is 8.23. The molecular formula is C23H30N2O2. The van der Waals surface area contributed by atoms with E-state index in [2.05, 4.69) is 74.5 Å². The first-order valence-corrected chi connectivity index (χ1v) is 9.71. The summed E-state index contributed by atoms with van der Waals surface area (Å²) in [6.45, 7) is 12.0. The zero-order valence-electron chi connectivity index (χ0n) is 17.0. The number of rotatable bonds is 7. The molecular weight excluding hydrogens is 336 g/mol. The Balaban J connectivity index is 1.73. The van der Waals surface area contributed by atoms with Crippen molar-refractivity contribution in [2.75, 3.05) is 6.61 Å². The van der Waals surface area contributed by atoms with E-state index in [1.807, 2.05) is 0 Å². The van der Waals surface area contributed by atoms with E-state index < -0.39 is 0 Å². The molecule has 0 unspecified atom stereocenters. The van der Waals surface area contributed by atoms with Crippen LogP contribution in [-0.4, -0.2) is 21.3 Å². The molecule has 4 nitrogen and oxygen atoms in total. The average Bonchev–Trinajstić information content (AvgIpc) is 2.95. The molecule has 1 heterocycles. The number of aliphatic hydroxyl groups excluding tert-OH is 1. The fourth-order valence-electron chi connectivity index (χ4n) is 3.45. The number of aryl methyl sites for hydroxylation is 4. The predicted octanol–water partition coefficient (Wildman–Crippen LogP) is 5.05. The Bertz CT molecular complexity index is 941. The summed E-state index contributed by atoms with van der Waals surface area (Å²) in [6.07, 6.45) is 0.858. The van der Waals surface area contributed by atoms with Crippen molar-refractivity contribution in [1.82, 2.24) is 9.55 Å². The van der Waals surface area contributed by atoms with E-state index in [0.29, 0.717) is 18.3 Å². The SMILES string of the molecule is Cc1ccc(C(C)C)c(OCCCn2c(CO)nc3cc(C)c(C)cc32)c1. The molecule has 2 aromatic carbocycles. The highest BCUT2D eigenvalue weighted by Crippen LogP contribution is 2.28. The normalized spacial score (nSPS) is 11.5. The second-order valence-electron chi connectivity index (χ2n) is 7.66. The molecule has 3 rings (SSSR count). The quantitative estimate of drug-likeness (QED) is 0.596. The van der Waals surface area contributed by atoms with Gasteiger partial charge in [0, 0.05) is 6.54 Å². The van der Waals surface area contributed by atoms with Crippen LogP contribution >= 0.6 is 0 Å². The van der Waals surface area contributed by atoms with Crippen molar-refractivity contribution in [2.45, 2.75) is 60.1 Å². The summed E-state index contributed by atoms with van der Waals surface area (Å²) in [7, 11) is 0. The van der Waals surface area contributed by atoms with Gasteiger partial charge in [0.15, 0.2) is 0 Å². The summed E-state index contributed by atoms with van der Waals surface area (Å²) in [4.78, 5) is 4.59. The number of nitrogens with zero attached hydrogens (tertiary/aromatic N) is 2. The molecule has 27 heavy (non-hydrogen) atoms. The van der Waals surface area contributed by atoms with Gasteiger partial charge in [0.05, 0.1) is 17.6 Å². The van der Waals surface area contributed by atoms with E-state index in [0.717, 1.165) is 29.7 Å². The first kappa shape index (κ1) is 19.4. The first-order chi connectivity index (χ1) is 12.9. The van der Waals surface area contributed by atoms with E-state index in [1.165, 1.54) is 22.3 Å². The fraction of sp³-hybridized carbons (Fsp3) is 0.435. The van der Waals surface area contributed by atoms with Gasteiger partial charge in [0.25, 0.3) is 0 Å². The average molecular weight is 367 g/mol. The molecule has 0 aliphatic carbocycles. The maximum absolute atomic E-state index is 9.71. The summed E-state index contributed by atoms with van der Waals surface area (Å²) >= 11 is 0. The highest BCUT2D eigenvalue weighted by Gasteiger charge is 2.12. The minimum Gasteiger partial charge on any atom is -0.493 e. The number of hydrogen-bond donors (Lipinski definition) is 1. The molecule has 3 aromatic rings. The van der Waals surface area contributed by atoms with Crippen LogP contribution in [0.2, 0.25) is 0 Å². The standard InChI is InChI=1S/C23H30N2O2/c1-15(2)19-8-7-16(3)11-22(19)27-10-6-9-25-21-13-18(5)17(4)12-20(21)24-23(25)14-26/h7-8,11-13,15,26H,6,9-10,14H2,1-5H3. The summed E-state index contributed by atoms with van der Waals surface area (Å²) in [5, 5.41) is 9.71. The summed E-state index contributed by atoms with van der Waals surface area (Å²) in [6, 6.07) is 10.7. The van der Waals surface area contributed by atoms with Crippen molar-refractivity contribution in [3.8, 4) is 5.75 Å². The van der Waals surface area contributed by atoms with Crippen LogP contribution in [0.4, 0.5) is 0 Å². The van der Waals surface area contributed by atoms with Crippen molar-refractivity contribution in [2.24, 2.45) is 0 Å². The lowest BCUT2D eigenvalue weighted by Crippen LogP contribution is -2.09. The number of benzene rings is 2. The Morgan fingerprint density at radius 1 is 1.07 bits per heavy atom. The molecule has 144 valence electrons. The zero-order chi connectivity index (χ0) is 19.6. The highest BCUT2D eigenvalue weighted by molar-refractivity contribution is 5.78. The Labute approximate surface area is 161 Å². The zero-order valence-corrected chi connectivity index (χ0v) is 17.0. The van der Waals surface area contributed by atoms with Crippen LogP contribution in [0, 0.1) is 20.8 Å². The van der Waals surface area contributed by atoms with Gasteiger partial charge in [0.1, 0.15) is 18.2 Å². The molecule has 0 aliphatic rings. The summed E-state index contributed by atoms with van der Waals surface area (Å²) in [5.74, 6) is 2.13. The van der Waals surface area contributed by atoms with E-state index >= 15 is 0 Å². The Morgan fingerprint density at radius 2 is 1.81 bits per heavy atom. The Morgan fingerprint density at radius 3 is 2.52 bits per heavy atom. The van der Waals surface area contributed by atoms with Gasteiger partial charge in [-0.05, 0) is 73.6 Å². The predicted molar refractivity (Wildman–Crippen MR) is 111 cm³/mol. The Kier molecular flexibility index (Phi) is 5.85. The number of imidazole rings is 1. The van der Waals surface area contributed by atoms with Gasteiger partial charge < -0.3 is 14.4 Å². The maximum Gasteiger partial charge on any atom is 0.135 e. The van der Waals surface area contributed by atoms with Gasteiger partial charge in [-0.1, -0.05) is 26.0 Å². The largest absolute Gasteiger partial charge is 0.493 e. The minimum absolute atomic E-state index is 0.0526. The van der Waals surface area contributed by atoms with E-state index in [-0.39, 0.29) is 6.61 Å². The molecule has 0 saturated heterocycles. The summed E-state index contributed by atoms with van der Waals surface area (Å²) in [5.41, 5.74) is 6.95. The highest BCUT2D eigenvalue weighted by atomic mass is 16.5. The third kappa shape index (κ3) is 4.16. The van der Waals surface area contributed by atoms with Crippen LogP contribution in [0.5, 0.6) is 5.75 Å². The van der Waals surface area contributed by atoms with Crippen LogP contribution in [0.25, 0.3) is 11.0 Å². The van der Waals surface area contributed by atoms with Gasteiger partial charge in [-0.25, -0.2) is 4.98 Å². The van der Waals surface area contributed by atoms with Crippen molar-refractivity contribution in [3.63, 3.8) is 0 Å². The van der Waals surface area contributed by atoms with Crippen molar-refractivity contribution >= 4 is 11.0 Å². The number of hydrogen-bond acceptors (Lipinski definition) is 3. The lowest BCUT2D eigenvalue weighted by molar-refractivity contribution is 0.260. The number of ether oxygens (including phenoxy) is 1. The number of aliphatic hydroxyl groups is 1. The molecule has 0 atom stereocenters. The lowest BCUT2D eigenvalue weighted by Gasteiger charge is -2.15. The van der Waals surface area contributed by atoms with Crippen LogP contribution in [-0.2, 0) is 13.2 Å². The lowest BCUT2D eigenvalue weighted by atomic mass is 10.0. The van der Waals surface area contributed by atoms with Gasteiger partial charge >= 0.3 is 0 Å². The van der Waals surface area contributed by atoms with Crippen LogP contribution < -0.4 is 4.74 Å². The van der Waals surface area contributed by atoms with E-state index in [1.54, 1.807) is 0 Å². The molecule has 0 amide bonds. The van der Waals surface area contributed by atoms with Crippen LogP contribution in [0.3, 0.4) is 0 Å². The van der Waals surface area contributed by atoms with Gasteiger partial charge in [-0.3, -0.25) is 0 Å². The van der Waals surface area contributed by atoms with Crippen LogP contribution in [0.15, 0.2) is 30.3 Å². The third-order valence-electron chi connectivity index (χ3n) is 5.16. The monoisotopic (exact) mass is 366 g/mol. The van der Waals surface area contributed by atoms with E-state index in [9.17, 15) is 5.11 Å². The third-order valence-corrected chi connectivity index (χ3v) is 5.16. The first-order valence-electron chi connectivity index (χ1n) is 9.71. The second-order valence-corrected chi connectivity index (χ2v) is 7.66. The molecule has 0 bridgehead atoms. The molecule has 1 N–H and O–H groups in total.